The third-order valence-electron chi connectivity index (χ3n) is 4.52. The summed E-state index contributed by atoms with van der Waals surface area (Å²) in [6, 6.07) is 15.6. The Morgan fingerprint density at radius 3 is 1.78 bits per heavy atom. The topological polar surface area (TPSA) is 64.5 Å². The van der Waals surface area contributed by atoms with Crippen LogP contribution in [-0.2, 0) is 12.8 Å². The van der Waals surface area contributed by atoms with Gasteiger partial charge in [0.15, 0.2) is 11.5 Å². The molecule has 0 aliphatic heterocycles. The fourth-order valence-electron chi connectivity index (χ4n) is 2.94. The lowest BCUT2D eigenvalue weighted by molar-refractivity contribution is 0.403. The van der Waals surface area contributed by atoms with Gasteiger partial charge in [-0.05, 0) is 75.1 Å². The molecular formula is C22H33ClN2O2. The molecule has 27 heavy (non-hydrogen) atoms. The molecule has 2 rings (SSSR count). The number of nitrogens with one attached hydrogen (secondary N) is 2. The predicted molar refractivity (Wildman–Crippen MR) is 115 cm³/mol. The SMILES string of the molecule is Cl.Oc1ccc(CCNCCCCCCNCCc2ccccc2)cc1O. The van der Waals surface area contributed by atoms with Crippen molar-refractivity contribution in [1.29, 1.82) is 0 Å². The number of unbranched alkanes of at least 4 members (excludes halogenated alkanes) is 3. The monoisotopic (exact) mass is 392 g/mol. The van der Waals surface area contributed by atoms with Crippen LogP contribution in [0.15, 0.2) is 48.5 Å². The molecule has 0 heterocycles. The van der Waals surface area contributed by atoms with Crippen LogP contribution in [0.4, 0.5) is 0 Å². The second-order valence-corrected chi connectivity index (χ2v) is 6.72. The van der Waals surface area contributed by atoms with Gasteiger partial charge in [0.2, 0.25) is 0 Å². The van der Waals surface area contributed by atoms with Crippen LogP contribution < -0.4 is 10.6 Å². The number of hydrogen-bond donors (Lipinski definition) is 4. The molecule has 0 spiro atoms. The molecule has 0 unspecified atom stereocenters. The lowest BCUT2D eigenvalue weighted by atomic mass is 10.1. The largest absolute Gasteiger partial charge is 0.504 e. The van der Waals surface area contributed by atoms with Crippen LogP contribution >= 0.6 is 12.4 Å². The number of phenols is 2. The van der Waals surface area contributed by atoms with Crippen molar-refractivity contribution >= 4 is 12.4 Å². The van der Waals surface area contributed by atoms with E-state index in [4.69, 9.17) is 0 Å². The van der Waals surface area contributed by atoms with E-state index in [1.54, 1.807) is 12.1 Å². The summed E-state index contributed by atoms with van der Waals surface area (Å²) in [5, 5.41) is 25.7. The van der Waals surface area contributed by atoms with Crippen molar-refractivity contribution in [3.63, 3.8) is 0 Å². The fraction of sp³-hybridized carbons (Fsp3) is 0.455. The molecule has 0 radical (unpaired) electrons. The molecule has 0 saturated carbocycles. The third kappa shape index (κ3) is 10.2. The molecule has 4 N–H and O–H groups in total. The number of rotatable bonds is 13. The number of phenolic OH excluding ortho intramolecular Hbond substituents is 2. The van der Waals surface area contributed by atoms with Crippen molar-refractivity contribution in [2.45, 2.75) is 38.5 Å². The molecule has 0 aliphatic carbocycles. The first-order chi connectivity index (χ1) is 12.8. The molecule has 4 nitrogen and oxygen atoms in total. The summed E-state index contributed by atoms with van der Waals surface area (Å²) in [4.78, 5) is 0. The quantitative estimate of drug-likeness (QED) is 0.307. The van der Waals surface area contributed by atoms with Crippen LogP contribution in [0.1, 0.15) is 36.8 Å². The summed E-state index contributed by atoms with van der Waals surface area (Å²) >= 11 is 0. The number of halogens is 1. The van der Waals surface area contributed by atoms with Crippen LogP contribution in [0.2, 0.25) is 0 Å². The van der Waals surface area contributed by atoms with Gasteiger partial charge in [-0.1, -0.05) is 49.2 Å². The minimum Gasteiger partial charge on any atom is -0.504 e. The zero-order valence-corrected chi connectivity index (χ0v) is 16.8. The average Bonchev–Trinajstić information content (AvgIpc) is 2.66. The van der Waals surface area contributed by atoms with Crippen LogP contribution in [0.5, 0.6) is 11.5 Å². The molecular weight excluding hydrogens is 360 g/mol. The molecule has 0 aromatic heterocycles. The standard InChI is InChI=1S/C22H32N2O2.ClH/c25-21-11-10-20(18-22(21)26)13-17-24-15-7-2-1-6-14-23-16-12-19-8-4-3-5-9-19;/h3-5,8-11,18,23-26H,1-2,6-7,12-17H2;1H. The van der Waals surface area contributed by atoms with E-state index in [0.717, 1.165) is 44.6 Å². The number of aromatic hydroxyl groups is 2. The zero-order valence-electron chi connectivity index (χ0n) is 16.0. The predicted octanol–water partition coefficient (Wildman–Crippen LogP) is 4.04. The Morgan fingerprint density at radius 1 is 0.593 bits per heavy atom. The fourth-order valence-corrected chi connectivity index (χ4v) is 2.94. The lowest BCUT2D eigenvalue weighted by Crippen LogP contribution is -2.19. The first kappa shape index (κ1) is 23.3. The van der Waals surface area contributed by atoms with E-state index in [1.165, 1.54) is 31.2 Å². The van der Waals surface area contributed by atoms with Gasteiger partial charge in [-0.15, -0.1) is 12.4 Å². The summed E-state index contributed by atoms with van der Waals surface area (Å²) in [5.74, 6) is -0.101. The van der Waals surface area contributed by atoms with Gasteiger partial charge < -0.3 is 20.8 Å². The Hall–Kier alpha value is -1.75. The van der Waals surface area contributed by atoms with Gasteiger partial charge in [0, 0.05) is 0 Å². The highest BCUT2D eigenvalue weighted by molar-refractivity contribution is 5.85. The molecule has 2 aromatic carbocycles. The van der Waals surface area contributed by atoms with Gasteiger partial charge in [-0.2, -0.15) is 0 Å². The third-order valence-corrected chi connectivity index (χ3v) is 4.52. The van der Waals surface area contributed by atoms with E-state index < -0.39 is 0 Å². The molecule has 0 amide bonds. The molecule has 2 aromatic rings. The first-order valence-electron chi connectivity index (χ1n) is 9.72. The van der Waals surface area contributed by atoms with E-state index in [-0.39, 0.29) is 23.9 Å². The van der Waals surface area contributed by atoms with Gasteiger partial charge in [-0.25, -0.2) is 0 Å². The van der Waals surface area contributed by atoms with Crippen molar-refractivity contribution in [2.75, 3.05) is 26.2 Å². The van der Waals surface area contributed by atoms with Crippen LogP contribution in [0.25, 0.3) is 0 Å². The Kier molecular flexibility index (Phi) is 12.4. The van der Waals surface area contributed by atoms with Gasteiger partial charge in [0.25, 0.3) is 0 Å². The van der Waals surface area contributed by atoms with Crippen molar-refractivity contribution in [1.82, 2.24) is 10.6 Å². The Bertz CT molecular complexity index is 623. The molecule has 150 valence electrons. The van der Waals surface area contributed by atoms with E-state index in [0.29, 0.717) is 0 Å². The summed E-state index contributed by atoms with van der Waals surface area (Å²) < 4.78 is 0. The van der Waals surface area contributed by atoms with E-state index in [1.807, 2.05) is 6.07 Å². The van der Waals surface area contributed by atoms with Gasteiger partial charge in [0.05, 0.1) is 0 Å². The van der Waals surface area contributed by atoms with Crippen LogP contribution in [-0.4, -0.2) is 36.4 Å². The van der Waals surface area contributed by atoms with Crippen molar-refractivity contribution in [2.24, 2.45) is 0 Å². The minimum absolute atomic E-state index is 0. The number of hydrogen-bond acceptors (Lipinski definition) is 4. The maximum Gasteiger partial charge on any atom is 0.157 e. The Labute approximate surface area is 169 Å². The summed E-state index contributed by atoms with van der Waals surface area (Å²) in [7, 11) is 0. The molecule has 5 heteroatoms. The molecule has 0 fully saturated rings. The highest BCUT2D eigenvalue weighted by Gasteiger charge is 2.00. The first-order valence-corrected chi connectivity index (χ1v) is 9.72. The minimum atomic E-state index is -0.0590. The Morgan fingerprint density at radius 2 is 1.19 bits per heavy atom. The van der Waals surface area contributed by atoms with E-state index in [2.05, 4.69) is 41.0 Å². The van der Waals surface area contributed by atoms with E-state index >= 15 is 0 Å². The normalized spacial score (nSPS) is 10.5. The van der Waals surface area contributed by atoms with Gasteiger partial charge in [-0.3, -0.25) is 0 Å². The second kappa shape index (κ2) is 14.3. The summed E-state index contributed by atoms with van der Waals surface area (Å²) in [5.41, 5.74) is 2.43. The number of benzene rings is 2. The maximum absolute atomic E-state index is 9.46. The molecule has 0 saturated heterocycles. The van der Waals surface area contributed by atoms with E-state index in [9.17, 15) is 10.2 Å². The van der Waals surface area contributed by atoms with Crippen LogP contribution in [0.3, 0.4) is 0 Å². The van der Waals surface area contributed by atoms with Gasteiger partial charge in [0.1, 0.15) is 0 Å². The molecule has 0 bridgehead atoms. The average molecular weight is 393 g/mol. The molecule has 0 atom stereocenters. The smallest absolute Gasteiger partial charge is 0.157 e. The Balaban J connectivity index is 0.00000364. The highest BCUT2D eigenvalue weighted by Crippen LogP contribution is 2.24. The van der Waals surface area contributed by atoms with Crippen molar-refractivity contribution < 1.29 is 10.2 Å². The van der Waals surface area contributed by atoms with Crippen LogP contribution in [0, 0.1) is 0 Å². The highest BCUT2D eigenvalue weighted by atomic mass is 35.5. The summed E-state index contributed by atoms with van der Waals surface area (Å²) in [6.45, 7) is 4.08. The second-order valence-electron chi connectivity index (χ2n) is 6.72. The lowest BCUT2D eigenvalue weighted by Gasteiger charge is -2.07. The maximum atomic E-state index is 9.46. The summed E-state index contributed by atoms with van der Waals surface area (Å²) in [6.07, 6.45) is 6.92. The van der Waals surface area contributed by atoms with Crippen molar-refractivity contribution in [3.8, 4) is 11.5 Å². The molecule has 0 aliphatic rings. The zero-order chi connectivity index (χ0) is 18.5. The van der Waals surface area contributed by atoms with Crippen molar-refractivity contribution in [3.05, 3.63) is 59.7 Å². The van der Waals surface area contributed by atoms with Gasteiger partial charge >= 0.3 is 0 Å².